The van der Waals surface area contributed by atoms with Crippen LogP contribution < -0.4 is 0 Å². The minimum absolute atomic E-state index is 0.00515. The summed E-state index contributed by atoms with van der Waals surface area (Å²) in [5.74, 6) is 0. The molecule has 7 heteroatoms. The first-order chi connectivity index (χ1) is 10.6. The van der Waals surface area contributed by atoms with Gasteiger partial charge in [-0.15, -0.1) is 0 Å². The van der Waals surface area contributed by atoms with Gasteiger partial charge in [-0.3, -0.25) is 0 Å². The van der Waals surface area contributed by atoms with Gasteiger partial charge in [0.1, 0.15) is 0 Å². The zero-order valence-electron chi connectivity index (χ0n) is 12.6. The highest BCUT2D eigenvalue weighted by atomic mass is 32.2. The molecule has 0 fully saturated rings. The van der Waals surface area contributed by atoms with E-state index in [1.165, 1.54) is 19.2 Å². The van der Waals surface area contributed by atoms with Crippen molar-refractivity contribution in [3.05, 3.63) is 65.2 Å². The first-order valence-electron chi connectivity index (χ1n) is 6.80. The van der Waals surface area contributed by atoms with Crippen LogP contribution >= 0.6 is 0 Å². The molecule has 2 rings (SSSR count). The van der Waals surface area contributed by atoms with Crippen molar-refractivity contribution in [2.24, 2.45) is 0 Å². The van der Waals surface area contributed by atoms with Crippen molar-refractivity contribution in [2.75, 3.05) is 7.05 Å². The smallest absolute Gasteiger partial charge is 0.207 e. The summed E-state index contributed by atoms with van der Waals surface area (Å²) in [4.78, 5) is -0.734. The lowest BCUT2D eigenvalue weighted by molar-refractivity contribution is -0.139. The van der Waals surface area contributed by atoms with Crippen LogP contribution in [0.1, 0.15) is 16.7 Å². The summed E-state index contributed by atoms with van der Waals surface area (Å²) in [6, 6.07) is 11.3. The standard InChI is InChI=1S/C16H16F3NO2S/c1-12-7-9-13(10-8-12)11-20(2)23(21,22)15-6-4-3-5-14(15)16(17,18)19/h3-10H,11H2,1-2H3. The van der Waals surface area contributed by atoms with Crippen LogP contribution in [0.15, 0.2) is 53.4 Å². The minimum Gasteiger partial charge on any atom is -0.207 e. The lowest BCUT2D eigenvalue weighted by Crippen LogP contribution is -2.28. The predicted octanol–water partition coefficient (Wildman–Crippen LogP) is 3.83. The fourth-order valence-corrected chi connectivity index (χ4v) is 3.50. The molecule has 0 spiro atoms. The van der Waals surface area contributed by atoms with Crippen molar-refractivity contribution in [3.8, 4) is 0 Å². The third-order valence-corrected chi connectivity index (χ3v) is 5.27. The molecule has 0 aliphatic carbocycles. The van der Waals surface area contributed by atoms with Crippen LogP contribution in [0.25, 0.3) is 0 Å². The van der Waals surface area contributed by atoms with Gasteiger partial charge in [0.15, 0.2) is 0 Å². The van der Waals surface area contributed by atoms with E-state index in [4.69, 9.17) is 0 Å². The Morgan fingerprint density at radius 1 is 1.00 bits per heavy atom. The van der Waals surface area contributed by atoms with Crippen molar-refractivity contribution < 1.29 is 21.6 Å². The molecule has 23 heavy (non-hydrogen) atoms. The van der Waals surface area contributed by atoms with E-state index < -0.39 is 26.7 Å². The summed E-state index contributed by atoms with van der Waals surface area (Å²) < 4.78 is 65.0. The number of hydrogen-bond donors (Lipinski definition) is 0. The van der Waals surface area contributed by atoms with Gasteiger partial charge in [0.05, 0.1) is 10.5 Å². The number of benzene rings is 2. The van der Waals surface area contributed by atoms with E-state index in [-0.39, 0.29) is 6.54 Å². The summed E-state index contributed by atoms with van der Waals surface area (Å²) in [7, 11) is -2.98. The second kappa shape index (κ2) is 6.33. The van der Waals surface area contributed by atoms with Crippen molar-refractivity contribution in [1.82, 2.24) is 4.31 Å². The third kappa shape index (κ3) is 3.92. The second-order valence-electron chi connectivity index (χ2n) is 5.24. The van der Waals surface area contributed by atoms with Crippen LogP contribution in [-0.4, -0.2) is 19.8 Å². The van der Waals surface area contributed by atoms with Crippen molar-refractivity contribution in [2.45, 2.75) is 24.5 Å². The molecule has 0 unspecified atom stereocenters. The molecule has 2 aromatic carbocycles. The van der Waals surface area contributed by atoms with E-state index in [0.717, 1.165) is 22.0 Å². The zero-order valence-corrected chi connectivity index (χ0v) is 13.4. The van der Waals surface area contributed by atoms with E-state index in [1.54, 1.807) is 12.1 Å². The van der Waals surface area contributed by atoms with Gasteiger partial charge in [0.2, 0.25) is 10.0 Å². The maximum atomic E-state index is 13.0. The molecule has 0 amide bonds. The summed E-state index contributed by atoms with van der Waals surface area (Å²) in [6.07, 6.45) is -4.73. The van der Waals surface area contributed by atoms with E-state index in [2.05, 4.69) is 0 Å². The average molecular weight is 343 g/mol. The van der Waals surface area contributed by atoms with E-state index in [0.29, 0.717) is 5.56 Å². The Kier molecular flexibility index (Phi) is 4.81. The molecule has 0 aliphatic heterocycles. The van der Waals surface area contributed by atoms with Crippen LogP contribution in [0.3, 0.4) is 0 Å². The molecule has 0 radical (unpaired) electrons. The van der Waals surface area contributed by atoms with Crippen molar-refractivity contribution >= 4 is 10.0 Å². The van der Waals surface area contributed by atoms with Crippen LogP contribution in [0, 0.1) is 6.92 Å². The Morgan fingerprint density at radius 2 is 1.57 bits per heavy atom. The van der Waals surface area contributed by atoms with Gasteiger partial charge in [-0.1, -0.05) is 42.0 Å². The molecule has 3 nitrogen and oxygen atoms in total. The fourth-order valence-electron chi connectivity index (χ4n) is 2.13. The van der Waals surface area contributed by atoms with Gasteiger partial charge in [-0.2, -0.15) is 17.5 Å². The van der Waals surface area contributed by atoms with Crippen LogP contribution in [0.5, 0.6) is 0 Å². The van der Waals surface area contributed by atoms with Gasteiger partial charge in [0, 0.05) is 13.6 Å². The first-order valence-corrected chi connectivity index (χ1v) is 8.24. The molecule has 0 saturated carbocycles. The van der Waals surface area contributed by atoms with Crippen LogP contribution in [0.4, 0.5) is 13.2 Å². The maximum absolute atomic E-state index is 13.0. The molecular weight excluding hydrogens is 327 g/mol. The van der Waals surface area contributed by atoms with Gasteiger partial charge in [-0.25, -0.2) is 8.42 Å². The molecule has 0 aliphatic rings. The topological polar surface area (TPSA) is 37.4 Å². The zero-order chi connectivity index (χ0) is 17.3. The Balaban J connectivity index is 2.37. The lowest BCUT2D eigenvalue weighted by Gasteiger charge is -2.20. The Morgan fingerprint density at radius 3 is 2.13 bits per heavy atom. The molecule has 0 aromatic heterocycles. The monoisotopic (exact) mass is 343 g/mol. The summed E-state index contributed by atoms with van der Waals surface area (Å²) >= 11 is 0. The van der Waals surface area contributed by atoms with Gasteiger partial charge in [0.25, 0.3) is 0 Å². The molecule has 0 atom stereocenters. The second-order valence-corrected chi connectivity index (χ2v) is 7.25. The van der Waals surface area contributed by atoms with E-state index in [1.807, 2.05) is 19.1 Å². The van der Waals surface area contributed by atoms with Crippen molar-refractivity contribution in [1.29, 1.82) is 0 Å². The highest BCUT2D eigenvalue weighted by Gasteiger charge is 2.38. The van der Waals surface area contributed by atoms with Crippen LogP contribution in [0.2, 0.25) is 0 Å². The van der Waals surface area contributed by atoms with E-state index in [9.17, 15) is 21.6 Å². The number of alkyl halides is 3. The maximum Gasteiger partial charge on any atom is 0.417 e. The Labute approximate surface area is 133 Å². The van der Waals surface area contributed by atoms with E-state index >= 15 is 0 Å². The molecule has 0 saturated heterocycles. The van der Waals surface area contributed by atoms with Gasteiger partial charge in [-0.05, 0) is 24.6 Å². The van der Waals surface area contributed by atoms with Crippen molar-refractivity contribution in [3.63, 3.8) is 0 Å². The third-order valence-electron chi connectivity index (χ3n) is 3.41. The summed E-state index contributed by atoms with van der Waals surface area (Å²) in [5.41, 5.74) is 0.559. The normalized spacial score (nSPS) is 12.6. The SMILES string of the molecule is Cc1ccc(CN(C)S(=O)(=O)c2ccccc2C(F)(F)F)cc1. The average Bonchev–Trinajstić information content (AvgIpc) is 2.48. The Bertz CT molecular complexity index is 784. The first kappa shape index (κ1) is 17.5. The molecule has 0 bridgehead atoms. The number of halogens is 3. The Hall–Kier alpha value is -1.86. The quantitative estimate of drug-likeness (QED) is 0.846. The highest BCUT2D eigenvalue weighted by Crippen LogP contribution is 2.35. The lowest BCUT2D eigenvalue weighted by atomic mass is 10.1. The molecule has 0 heterocycles. The predicted molar refractivity (Wildman–Crippen MR) is 81.3 cm³/mol. The number of hydrogen-bond acceptors (Lipinski definition) is 2. The largest absolute Gasteiger partial charge is 0.417 e. The molecule has 124 valence electrons. The van der Waals surface area contributed by atoms with Gasteiger partial charge >= 0.3 is 6.18 Å². The number of nitrogens with zero attached hydrogens (tertiary/aromatic N) is 1. The van der Waals surface area contributed by atoms with Crippen LogP contribution in [-0.2, 0) is 22.7 Å². The molecular formula is C16H16F3NO2S. The molecule has 0 N–H and O–H groups in total. The summed E-state index contributed by atoms with van der Waals surface area (Å²) in [6.45, 7) is 1.89. The number of sulfonamides is 1. The highest BCUT2D eigenvalue weighted by molar-refractivity contribution is 7.89. The molecule has 2 aromatic rings. The number of rotatable bonds is 4. The number of aryl methyl sites for hydroxylation is 1. The fraction of sp³-hybridized carbons (Fsp3) is 0.250. The summed E-state index contributed by atoms with van der Waals surface area (Å²) in [5, 5.41) is 0. The van der Waals surface area contributed by atoms with Gasteiger partial charge < -0.3 is 0 Å². The minimum atomic E-state index is -4.73.